The molecule has 0 N–H and O–H groups in total. The first kappa shape index (κ1) is 23.4. The number of carbonyl (C=O) groups is 1. The molecule has 0 radical (unpaired) electrons. The molecule has 2 aliphatic rings. The van der Waals surface area contributed by atoms with Crippen LogP contribution in [-0.4, -0.2) is 83.0 Å². The number of anilines is 1. The minimum atomic E-state index is -3.61. The second-order valence-corrected chi connectivity index (χ2v) is 10.8. The zero-order valence-electron chi connectivity index (χ0n) is 19.5. The van der Waals surface area contributed by atoms with Crippen molar-refractivity contribution in [2.75, 3.05) is 44.2 Å². The highest BCUT2D eigenvalue weighted by Crippen LogP contribution is 2.23. The summed E-state index contributed by atoms with van der Waals surface area (Å²) in [4.78, 5) is 17.2. The summed E-state index contributed by atoms with van der Waals surface area (Å²) in [5.74, 6) is 0.467. The summed E-state index contributed by atoms with van der Waals surface area (Å²) in [6.07, 6.45) is 3.84. The van der Waals surface area contributed by atoms with Gasteiger partial charge in [0.05, 0.1) is 10.6 Å². The average Bonchev–Trinajstić information content (AvgIpc) is 3.23. The summed E-state index contributed by atoms with van der Waals surface area (Å²) in [7, 11) is -3.61. The van der Waals surface area contributed by atoms with Crippen LogP contribution in [0.25, 0.3) is 5.69 Å². The molecule has 3 aromatic rings. The number of piperazine rings is 1. The molecule has 0 bridgehead atoms. The van der Waals surface area contributed by atoms with Crippen LogP contribution in [0, 0.1) is 0 Å². The van der Waals surface area contributed by atoms with Crippen molar-refractivity contribution in [1.29, 1.82) is 0 Å². The molecule has 184 valence electrons. The van der Waals surface area contributed by atoms with E-state index in [9.17, 15) is 13.2 Å². The molecule has 11 heteroatoms. The Morgan fingerprint density at radius 2 is 1.51 bits per heavy atom. The number of amides is 1. The standard InChI is InChI=1S/C24H29N7O3S/c32-23(20-9-8-12-22(19-20)35(33,34)30-13-6-1-2-7-14-30)28-15-17-29(18-16-28)24-25-26-27-31(24)21-10-4-3-5-11-21/h3-5,8-12,19H,1-2,6-7,13-18H2. The molecule has 1 aromatic heterocycles. The van der Waals surface area contributed by atoms with Crippen LogP contribution in [0.3, 0.4) is 0 Å². The molecule has 0 saturated carbocycles. The highest BCUT2D eigenvalue weighted by Gasteiger charge is 2.28. The molecule has 0 unspecified atom stereocenters. The average molecular weight is 496 g/mol. The minimum absolute atomic E-state index is 0.166. The van der Waals surface area contributed by atoms with Gasteiger partial charge in [0.1, 0.15) is 0 Å². The van der Waals surface area contributed by atoms with Gasteiger partial charge in [-0.25, -0.2) is 8.42 Å². The number of aromatic nitrogens is 4. The van der Waals surface area contributed by atoms with Gasteiger partial charge in [0.15, 0.2) is 0 Å². The van der Waals surface area contributed by atoms with Crippen molar-refractivity contribution in [2.45, 2.75) is 30.6 Å². The molecule has 35 heavy (non-hydrogen) atoms. The van der Waals surface area contributed by atoms with E-state index in [0.29, 0.717) is 50.8 Å². The Morgan fingerprint density at radius 3 is 2.23 bits per heavy atom. The van der Waals surface area contributed by atoms with Gasteiger partial charge in [-0.3, -0.25) is 4.79 Å². The summed E-state index contributed by atoms with van der Waals surface area (Å²) in [5, 5.41) is 12.1. The zero-order chi connectivity index (χ0) is 24.3. The van der Waals surface area contributed by atoms with Gasteiger partial charge in [-0.05, 0) is 53.6 Å². The maximum Gasteiger partial charge on any atom is 0.254 e. The van der Waals surface area contributed by atoms with Gasteiger partial charge >= 0.3 is 0 Å². The fourth-order valence-electron chi connectivity index (χ4n) is 4.63. The number of hydrogen-bond acceptors (Lipinski definition) is 7. The van der Waals surface area contributed by atoms with Gasteiger partial charge < -0.3 is 9.80 Å². The molecule has 0 aliphatic carbocycles. The minimum Gasteiger partial charge on any atom is -0.336 e. The van der Waals surface area contributed by atoms with Gasteiger partial charge in [0.25, 0.3) is 5.91 Å². The third kappa shape index (κ3) is 4.92. The van der Waals surface area contributed by atoms with Gasteiger partial charge in [0.2, 0.25) is 16.0 Å². The Hall–Kier alpha value is -3.31. The first-order valence-electron chi connectivity index (χ1n) is 12.0. The number of carbonyl (C=O) groups excluding carboxylic acids is 1. The van der Waals surface area contributed by atoms with Crippen LogP contribution < -0.4 is 4.90 Å². The van der Waals surface area contributed by atoms with Crippen molar-refractivity contribution in [3.63, 3.8) is 0 Å². The number of benzene rings is 2. The number of para-hydroxylation sites is 1. The molecule has 10 nitrogen and oxygen atoms in total. The van der Waals surface area contributed by atoms with Gasteiger partial charge in [-0.1, -0.05) is 42.2 Å². The van der Waals surface area contributed by atoms with Gasteiger partial charge in [-0.2, -0.15) is 8.99 Å². The second kappa shape index (κ2) is 10.1. The fraction of sp³-hybridized carbons (Fsp3) is 0.417. The van der Waals surface area contributed by atoms with Gasteiger partial charge in [-0.15, -0.1) is 0 Å². The van der Waals surface area contributed by atoms with Crippen LogP contribution >= 0.6 is 0 Å². The Bertz CT molecular complexity index is 1260. The normalized spacial score (nSPS) is 17.8. The van der Waals surface area contributed by atoms with Crippen LogP contribution in [0.1, 0.15) is 36.0 Å². The molecule has 2 aliphatic heterocycles. The number of tetrazole rings is 1. The molecule has 0 atom stereocenters. The summed E-state index contributed by atoms with van der Waals surface area (Å²) in [6, 6.07) is 16.1. The predicted molar refractivity (Wildman–Crippen MR) is 131 cm³/mol. The predicted octanol–water partition coefficient (Wildman–Crippen LogP) is 2.19. The van der Waals surface area contributed by atoms with Crippen molar-refractivity contribution in [2.24, 2.45) is 0 Å². The quantitative estimate of drug-likeness (QED) is 0.534. The molecule has 1 amide bonds. The van der Waals surface area contributed by atoms with Crippen molar-refractivity contribution < 1.29 is 13.2 Å². The fourth-order valence-corrected chi connectivity index (χ4v) is 6.19. The SMILES string of the molecule is O=C(c1cccc(S(=O)(=O)N2CCCCCC2)c1)N1CCN(c2nnnn2-c2ccccc2)CC1. The summed E-state index contributed by atoms with van der Waals surface area (Å²) in [6.45, 7) is 3.19. The van der Waals surface area contributed by atoms with Crippen LogP contribution in [0.4, 0.5) is 5.95 Å². The molecule has 2 saturated heterocycles. The lowest BCUT2D eigenvalue weighted by Gasteiger charge is -2.35. The number of sulfonamides is 1. The molecule has 5 rings (SSSR count). The van der Waals surface area contributed by atoms with E-state index in [4.69, 9.17) is 0 Å². The van der Waals surface area contributed by atoms with Crippen molar-refractivity contribution >= 4 is 21.9 Å². The lowest BCUT2D eigenvalue weighted by Crippen LogP contribution is -2.49. The Labute approximate surface area is 205 Å². The van der Waals surface area contributed by atoms with Crippen LogP contribution in [-0.2, 0) is 10.0 Å². The van der Waals surface area contributed by atoms with Crippen LogP contribution in [0.2, 0.25) is 0 Å². The molecule has 3 heterocycles. The Kier molecular flexibility index (Phi) is 6.78. The maximum absolute atomic E-state index is 13.2. The van der Waals surface area contributed by atoms with E-state index in [1.54, 1.807) is 32.1 Å². The topological polar surface area (TPSA) is 105 Å². The summed E-state index contributed by atoms with van der Waals surface area (Å²) >= 11 is 0. The van der Waals surface area contributed by atoms with Crippen LogP contribution in [0.15, 0.2) is 59.5 Å². The zero-order valence-corrected chi connectivity index (χ0v) is 20.3. The third-order valence-corrected chi connectivity index (χ3v) is 8.48. The first-order chi connectivity index (χ1) is 17.0. The molecule has 2 aromatic carbocycles. The smallest absolute Gasteiger partial charge is 0.254 e. The number of nitrogens with zero attached hydrogens (tertiary/aromatic N) is 7. The Morgan fingerprint density at radius 1 is 0.800 bits per heavy atom. The van der Waals surface area contributed by atoms with E-state index in [1.807, 2.05) is 30.3 Å². The van der Waals surface area contributed by atoms with Crippen molar-refractivity contribution in [3.8, 4) is 5.69 Å². The summed E-state index contributed by atoms with van der Waals surface area (Å²) < 4.78 is 29.6. The number of rotatable bonds is 5. The lowest BCUT2D eigenvalue weighted by atomic mass is 10.2. The molecule has 2 fully saturated rings. The van der Waals surface area contributed by atoms with E-state index in [0.717, 1.165) is 31.4 Å². The van der Waals surface area contributed by atoms with E-state index in [1.165, 1.54) is 6.07 Å². The first-order valence-corrected chi connectivity index (χ1v) is 13.5. The van der Waals surface area contributed by atoms with E-state index in [2.05, 4.69) is 20.4 Å². The van der Waals surface area contributed by atoms with Crippen LogP contribution in [0.5, 0.6) is 0 Å². The maximum atomic E-state index is 13.2. The van der Waals surface area contributed by atoms with E-state index < -0.39 is 10.0 Å². The monoisotopic (exact) mass is 495 g/mol. The lowest BCUT2D eigenvalue weighted by molar-refractivity contribution is 0.0746. The highest BCUT2D eigenvalue weighted by molar-refractivity contribution is 7.89. The highest BCUT2D eigenvalue weighted by atomic mass is 32.2. The molecular formula is C24H29N7O3S. The largest absolute Gasteiger partial charge is 0.336 e. The van der Waals surface area contributed by atoms with E-state index >= 15 is 0 Å². The third-order valence-electron chi connectivity index (χ3n) is 6.59. The molecular weight excluding hydrogens is 466 g/mol. The number of hydrogen-bond donors (Lipinski definition) is 0. The second-order valence-electron chi connectivity index (χ2n) is 8.85. The summed E-state index contributed by atoms with van der Waals surface area (Å²) in [5.41, 5.74) is 1.26. The molecule has 0 spiro atoms. The van der Waals surface area contributed by atoms with Crippen molar-refractivity contribution in [1.82, 2.24) is 29.4 Å². The Balaban J connectivity index is 1.27. The van der Waals surface area contributed by atoms with E-state index in [-0.39, 0.29) is 10.8 Å². The van der Waals surface area contributed by atoms with Gasteiger partial charge in [0, 0.05) is 44.8 Å². The van der Waals surface area contributed by atoms with Crippen molar-refractivity contribution in [3.05, 3.63) is 60.2 Å².